The topological polar surface area (TPSA) is 91.8 Å². The van der Waals surface area contributed by atoms with Crippen LogP contribution in [0.15, 0.2) is 6.20 Å². The average molecular weight is 313 g/mol. The quantitative estimate of drug-likeness (QED) is 0.849. The van der Waals surface area contributed by atoms with Crippen LogP contribution in [-0.4, -0.2) is 52.8 Å². The Morgan fingerprint density at radius 2 is 2.43 bits per heavy atom. The van der Waals surface area contributed by atoms with Crippen LogP contribution < -0.4 is 5.32 Å². The number of ether oxygens (including phenoxy) is 1. The predicted octanol–water partition coefficient (Wildman–Crippen LogP) is 1.09. The molecule has 0 aromatic carbocycles. The van der Waals surface area contributed by atoms with E-state index < -0.39 is 12.0 Å². The number of nitrogens with zero attached hydrogens (tertiary/aromatic N) is 2. The average Bonchev–Trinajstić information content (AvgIpc) is 2.93. The fourth-order valence-electron chi connectivity index (χ4n) is 2.14. The number of thiazole rings is 1. The molecular formula is C13H19N3O4S. The summed E-state index contributed by atoms with van der Waals surface area (Å²) in [5, 5.41) is 12.5. The highest BCUT2D eigenvalue weighted by molar-refractivity contribution is 7.11. The van der Waals surface area contributed by atoms with Crippen molar-refractivity contribution in [1.82, 2.24) is 15.2 Å². The van der Waals surface area contributed by atoms with E-state index in [1.165, 1.54) is 9.78 Å². The molecule has 21 heavy (non-hydrogen) atoms. The van der Waals surface area contributed by atoms with Crippen LogP contribution in [-0.2, 0) is 22.5 Å². The lowest BCUT2D eigenvalue weighted by Gasteiger charge is -2.34. The minimum atomic E-state index is -0.934. The Labute approximate surface area is 126 Å². The SMILES string of the molecule is CCc1cnc(CNC(=O)N2CCOCC2CC(=O)O)s1. The van der Waals surface area contributed by atoms with Gasteiger partial charge in [0.1, 0.15) is 5.01 Å². The van der Waals surface area contributed by atoms with Gasteiger partial charge >= 0.3 is 12.0 Å². The van der Waals surface area contributed by atoms with Gasteiger partial charge in [0.15, 0.2) is 0 Å². The number of hydrogen-bond acceptors (Lipinski definition) is 5. The zero-order chi connectivity index (χ0) is 15.2. The monoisotopic (exact) mass is 313 g/mol. The van der Waals surface area contributed by atoms with Gasteiger partial charge in [-0.2, -0.15) is 0 Å². The van der Waals surface area contributed by atoms with Crippen molar-refractivity contribution in [2.75, 3.05) is 19.8 Å². The van der Waals surface area contributed by atoms with Crippen molar-refractivity contribution in [1.29, 1.82) is 0 Å². The van der Waals surface area contributed by atoms with Crippen LogP contribution in [0, 0.1) is 0 Å². The van der Waals surface area contributed by atoms with Gasteiger partial charge in [0.25, 0.3) is 0 Å². The van der Waals surface area contributed by atoms with E-state index in [0.717, 1.165) is 11.4 Å². The fraction of sp³-hybridized carbons (Fsp3) is 0.615. The Kier molecular flexibility index (Phi) is 5.51. The first-order valence-electron chi connectivity index (χ1n) is 6.87. The molecule has 1 aromatic heterocycles. The second kappa shape index (κ2) is 7.37. The van der Waals surface area contributed by atoms with Crippen LogP contribution >= 0.6 is 11.3 Å². The van der Waals surface area contributed by atoms with Crippen molar-refractivity contribution in [3.05, 3.63) is 16.1 Å². The minimum absolute atomic E-state index is 0.106. The van der Waals surface area contributed by atoms with Gasteiger partial charge in [0.05, 0.1) is 32.2 Å². The molecule has 0 spiro atoms. The predicted molar refractivity (Wildman–Crippen MR) is 77.3 cm³/mol. The maximum absolute atomic E-state index is 12.2. The van der Waals surface area contributed by atoms with Gasteiger partial charge in [-0.05, 0) is 6.42 Å². The standard InChI is InChI=1S/C13H19N3O4S/c1-2-10-6-14-11(21-10)7-15-13(19)16-3-4-20-8-9(16)5-12(17)18/h6,9H,2-5,7-8H2,1H3,(H,15,19)(H,17,18). The third-order valence-corrected chi connectivity index (χ3v) is 4.38. The second-order valence-corrected chi connectivity index (χ2v) is 5.95. The summed E-state index contributed by atoms with van der Waals surface area (Å²) in [6.07, 6.45) is 2.63. The van der Waals surface area contributed by atoms with Gasteiger partial charge in [-0.1, -0.05) is 6.92 Å². The summed E-state index contributed by atoms with van der Waals surface area (Å²) >= 11 is 1.57. The highest BCUT2D eigenvalue weighted by Gasteiger charge is 2.29. The van der Waals surface area contributed by atoms with Crippen LogP contribution in [0.3, 0.4) is 0 Å². The number of aliphatic carboxylic acids is 1. The number of rotatable bonds is 5. The Hall–Kier alpha value is -1.67. The third kappa shape index (κ3) is 4.40. The number of carboxylic acid groups (broad SMARTS) is 1. The first-order valence-corrected chi connectivity index (χ1v) is 7.69. The number of carbonyl (C=O) groups is 2. The molecule has 1 aliphatic rings. The smallest absolute Gasteiger partial charge is 0.318 e. The molecule has 8 heteroatoms. The molecular weight excluding hydrogens is 294 g/mol. The van der Waals surface area contributed by atoms with Crippen molar-refractivity contribution in [3.8, 4) is 0 Å². The molecule has 2 amide bonds. The van der Waals surface area contributed by atoms with E-state index in [1.807, 2.05) is 6.20 Å². The number of morpholine rings is 1. The first-order chi connectivity index (χ1) is 10.1. The maximum Gasteiger partial charge on any atom is 0.318 e. The number of urea groups is 1. The van der Waals surface area contributed by atoms with Crippen molar-refractivity contribution in [2.24, 2.45) is 0 Å². The summed E-state index contributed by atoms with van der Waals surface area (Å²) in [5.41, 5.74) is 0. The molecule has 0 aliphatic carbocycles. The van der Waals surface area contributed by atoms with Crippen LogP contribution in [0.4, 0.5) is 4.79 Å². The van der Waals surface area contributed by atoms with Gasteiger partial charge < -0.3 is 20.1 Å². The summed E-state index contributed by atoms with van der Waals surface area (Å²) in [6, 6.07) is -0.684. The Balaban J connectivity index is 1.89. The van der Waals surface area contributed by atoms with Crippen LogP contribution in [0.25, 0.3) is 0 Å². The van der Waals surface area contributed by atoms with Crippen LogP contribution in [0.1, 0.15) is 23.2 Å². The van der Waals surface area contributed by atoms with E-state index in [0.29, 0.717) is 19.7 Å². The summed E-state index contributed by atoms with van der Waals surface area (Å²) in [5.74, 6) is -0.934. The Morgan fingerprint density at radius 3 is 3.10 bits per heavy atom. The number of aryl methyl sites for hydroxylation is 1. The first kappa shape index (κ1) is 15.7. The summed E-state index contributed by atoms with van der Waals surface area (Å²) in [7, 11) is 0. The molecule has 0 bridgehead atoms. The largest absolute Gasteiger partial charge is 0.481 e. The molecule has 2 rings (SSSR count). The second-order valence-electron chi connectivity index (χ2n) is 4.75. The Morgan fingerprint density at radius 1 is 1.62 bits per heavy atom. The zero-order valence-corrected chi connectivity index (χ0v) is 12.7. The van der Waals surface area contributed by atoms with E-state index in [9.17, 15) is 9.59 Å². The molecule has 1 fully saturated rings. The van der Waals surface area contributed by atoms with Gasteiger partial charge in [-0.15, -0.1) is 11.3 Å². The molecule has 1 aliphatic heterocycles. The Bertz CT molecular complexity index is 505. The van der Waals surface area contributed by atoms with Gasteiger partial charge in [0, 0.05) is 17.6 Å². The lowest BCUT2D eigenvalue weighted by atomic mass is 10.1. The number of carbonyl (C=O) groups excluding carboxylic acids is 1. The summed E-state index contributed by atoms with van der Waals surface area (Å²) in [6.45, 7) is 3.51. The molecule has 1 saturated heterocycles. The normalized spacial score (nSPS) is 18.5. The molecule has 1 unspecified atom stereocenters. The maximum atomic E-state index is 12.2. The van der Waals surface area contributed by atoms with Crippen molar-refractivity contribution >= 4 is 23.3 Å². The lowest BCUT2D eigenvalue weighted by Crippen LogP contribution is -2.53. The summed E-state index contributed by atoms with van der Waals surface area (Å²) < 4.78 is 5.25. The fourth-order valence-corrected chi connectivity index (χ4v) is 2.94. The van der Waals surface area contributed by atoms with Gasteiger partial charge in [0.2, 0.25) is 0 Å². The third-order valence-electron chi connectivity index (χ3n) is 3.24. The highest BCUT2D eigenvalue weighted by Crippen LogP contribution is 2.14. The highest BCUT2D eigenvalue weighted by atomic mass is 32.1. The van der Waals surface area contributed by atoms with Crippen molar-refractivity contribution < 1.29 is 19.4 Å². The van der Waals surface area contributed by atoms with E-state index >= 15 is 0 Å². The lowest BCUT2D eigenvalue weighted by molar-refractivity contribution is -0.139. The van der Waals surface area contributed by atoms with Gasteiger partial charge in [-0.3, -0.25) is 4.79 Å². The van der Waals surface area contributed by atoms with E-state index in [2.05, 4.69) is 17.2 Å². The number of aromatic nitrogens is 1. The van der Waals surface area contributed by atoms with Crippen molar-refractivity contribution in [3.63, 3.8) is 0 Å². The molecule has 2 N–H and O–H groups in total. The van der Waals surface area contributed by atoms with Crippen molar-refractivity contribution in [2.45, 2.75) is 32.4 Å². The zero-order valence-electron chi connectivity index (χ0n) is 11.9. The molecule has 7 nitrogen and oxygen atoms in total. The summed E-state index contributed by atoms with van der Waals surface area (Å²) in [4.78, 5) is 30.0. The van der Waals surface area contributed by atoms with E-state index in [4.69, 9.17) is 9.84 Å². The van der Waals surface area contributed by atoms with Crippen LogP contribution in [0.5, 0.6) is 0 Å². The molecule has 0 saturated carbocycles. The molecule has 1 atom stereocenters. The molecule has 1 aromatic rings. The minimum Gasteiger partial charge on any atom is -0.481 e. The van der Waals surface area contributed by atoms with E-state index in [1.54, 1.807) is 11.3 Å². The van der Waals surface area contributed by atoms with Crippen LogP contribution in [0.2, 0.25) is 0 Å². The number of hydrogen-bond donors (Lipinski definition) is 2. The van der Waals surface area contributed by atoms with E-state index in [-0.39, 0.29) is 19.1 Å². The molecule has 0 radical (unpaired) electrons. The number of amides is 2. The van der Waals surface area contributed by atoms with Gasteiger partial charge in [-0.25, -0.2) is 9.78 Å². The number of carboxylic acids is 1. The molecule has 116 valence electrons. The molecule has 2 heterocycles. The number of nitrogens with one attached hydrogen (secondary N) is 1.